The molecule has 7 nitrogen and oxygen atoms in total. The van der Waals surface area contributed by atoms with Crippen molar-refractivity contribution in [2.24, 2.45) is 5.73 Å². The highest BCUT2D eigenvalue weighted by Gasteiger charge is 2.06. The highest BCUT2D eigenvalue weighted by molar-refractivity contribution is 5.85. The van der Waals surface area contributed by atoms with Crippen LogP contribution >= 0.6 is 12.4 Å². The van der Waals surface area contributed by atoms with Crippen LogP contribution in [0.4, 0.5) is 34.1 Å². The van der Waals surface area contributed by atoms with Gasteiger partial charge in [0, 0.05) is 52.8 Å². The molecule has 0 aliphatic rings. The predicted octanol–water partition coefficient (Wildman–Crippen LogP) is 4.44. The van der Waals surface area contributed by atoms with Gasteiger partial charge in [-0.2, -0.15) is 0 Å². The Hall–Kier alpha value is -4.07. The van der Waals surface area contributed by atoms with Gasteiger partial charge in [-0.3, -0.25) is 0 Å². The molecule has 4 aromatic carbocycles. The van der Waals surface area contributed by atoms with Crippen molar-refractivity contribution in [3.63, 3.8) is 0 Å². The first-order chi connectivity index (χ1) is 15.9. The Morgan fingerprint density at radius 2 is 1.21 bits per heavy atom. The fourth-order valence-corrected chi connectivity index (χ4v) is 3.38. The third-order valence-corrected chi connectivity index (χ3v) is 5.17. The molecule has 0 atom stereocenters. The number of halogens is 1. The summed E-state index contributed by atoms with van der Waals surface area (Å²) in [6.45, 7) is 1.05. The Labute approximate surface area is 206 Å². The smallest absolute Gasteiger partial charge is 0.0421 e. The topological polar surface area (TPSA) is 168 Å². The van der Waals surface area contributed by atoms with E-state index >= 15 is 0 Å². The highest BCUT2D eigenvalue weighted by atomic mass is 35.5. The summed E-state index contributed by atoms with van der Waals surface area (Å²) >= 11 is 0. The molecule has 4 aromatic rings. The summed E-state index contributed by atoms with van der Waals surface area (Å²) in [7, 11) is 0. The lowest BCUT2D eigenvalue weighted by Gasteiger charge is -2.11. The van der Waals surface area contributed by atoms with Crippen molar-refractivity contribution in [1.82, 2.24) is 0 Å². The van der Waals surface area contributed by atoms with E-state index in [4.69, 9.17) is 34.4 Å². The summed E-state index contributed by atoms with van der Waals surface area (Å²) in [4.78, 5) is 0. The van der Waals surface area contributed by atoms with Gasteiger partial charge in [-0.1, -0.05) is 36.4 Å². The van der Waals surface area contributed by atoms with Crippen molar-refractivity contribution in [2.45, 2.75) is 13.1 Å². The van der Waals surface area contributed by atoms with Gasteiger partial charge in [0.1, 0.15) is 0 Å². The lowest BCUT2D eigenvalue weighted by atomic mass is 10.0. The number of hydrogen-bond donors (Lipinski definition) is 7. The van der Waals surface area contributed by atoms with E-state index in [2.05, 4.69) is 5.32 Å². The second-order valence-electron chi connectivity index (χ2n) is 7.64. The quantitative estimate of drug-likeness (QED) is 0.208. The number of rotatable bonds is 5. The minimum atomic E-state index is 0. The van der Waals surface area contributed by atoms with Crippen LogP contribution in [-0.4, -0.2) is 0 Å². The van der Waals surface area contributed by atoms with Gasteiger partial charge < -0.3 is 39.7 Å². The molecule has 8 heteroatoms. The Morgan fingerprint density at radius 1 is 0.588 bits per heavy atom. The van der Waals surface area contributed by atoms with Crippen molar-refractivity contribution in [3.05, 3.63) is 96.1 Å². The molecule has 4 rings (SSSR count). The van der Waals surface area contributed by atoms with E-state index < -0.39 is 0 Å². The van der Waals surface area contributed by atoms with Crippen molar-refractivity contribution in [2.75, 3.05) is 34.0 Å². The van der Waals surface area contributed by atoms with E-state index in [0.29, 0.717) is 30.2 Å². The van der Waals surface area contributed by atoms with Gasteiger partial charge in [-0.15, -0.1) is 12.4 Å². The molecule has 34 heavy (non-hydrogen) atoms. The third-order valence-electron chi connectivity index (χ3n) is 5.17. The van der Waals surface area contributed by atoms with Crippen LogP contribution < -0.4 is 39.7 Å². The number of anilines is 6. The van der Waals surface area contributed by atoms with Gasteiger partial charge in [0.05, 0.1) is 0 Å². The minimum Gasteiger partial charge on any atom is -0.399 e. The molecule has 0 heterocycles. The van der Waals surface area contributed by atoms with Gasteiger partial charge in [-0.05, 0) is 65.2 Å². The second kappa shape index (κ2) is 12.2. The molecule has 0 saturated heterocycles. The normalized spacial score (nSPS) is 9.91. The van der Waals surface area contributed by atoms with E-state index in [1.165, 1.54) is 0 Å². The number of nitrogen functional groups attached to an aromatic ring is 5. The fourth-order valence-electron chi connectivity index (χ4n) is 3.38. The standard InChI is InChI=1S/C13H16N4.C13H15N3.ClH/c14-7-11-12(16)5-9(6-13(11)17)8-2-1-3-10(15)4-8;14-11-5-3-6-12(8-11)16-9-10-4-1-2-7-13(10)15;/h1-6H,7,14-17H2;1-8,16H,9,14-15H2;1H. The van der Waals surface area contributed by atoms with Gasteiger partial charge in [0.25, 0.3) is 0 Å². The molecule has 0 spiro atoms. The van der Waals surface area contributed by atoms with E-state index in [9.17, 15) is 0 Å². The van der Waals surface area contributed by atoms with E-state index in [0.717, 1.165) is 39.3 Å². The van der Waals surface area contributed by atoms with Crippen molar-refractivity contribution in [1.29, 1.82) is 0 Å². The zero-order valence-electron chi connectivity index (χ0n) is 18.9. The molecule has 0 aromatic heterocycles. The Bertz CT molecular complexity index is 1200. The van der Waals surface area contributed by atoms with Crippen molar-refractivity contribution >= 4 is 46.5 Å². The highest BCUT2D eigenvalue weighted by Crippen LogP contribution is 2.29. The lowest BCUT2D eigenvalue weighted by Crippen LogP contribution is -2.06. The largest absolute Gasteiger partial charge is 0.399 e. The van der Waals surface area contributed by atoms with E-state index in [1.807, 2.05) is 84.9 Å². The van der Waals surface area contributed by atoms with Gasteiger partial charge in [-0.25, -0.2) is 0 Å². The molecule has 0 radical (unpaired) electrons. The summed E-state index contributed by atoms with van der Waals surface area (Å²) < 4.78 is 0. The zero-order valence-corrected chi connectivity index (χ0v) is 19.7. The van der Waals surface area contributed by atoms with Crippen molar-refractivity contribution < 1.29 is 0 Å². The molecule has 178 valence electrons. The second-order valence-corrected chi connectivity index (χ2v) is 7.64. The van der Waals surface area contributed by atoms with Gasteiger partial charge in [0.15, 0.2) is 0 Å². The summed E-state index contributed by atoms with van der Waals surface area (Å²) in [6.07, 6.45) is 0. The average molecular weight is 478 g/mol. The van der Waals surface area contributed by atoms with E-state index in [1.54, 1.807) is 0 Å². The van der Waals surface area contributed by atoms with Gasteiger partial charge >= 0.3 is 0 Å². The third kappa shape index (κ3) is 6.96. The molecule has 0 fully saturated rings. The number of nitrogens with two attached hydrogens (primary N) is 6. The van der Waals surface area contributed by atoms with Gasteiger partial charge in [0.2, 0.25) is 0 Å². The summed E-state index contributed by atoms with van der Waals surface area (Å²) in [5.41, 5.74) is 43.0. The predicted molar refractivity (Wildman–Crippen MR) is 149 cm³/mol. The van der Waals surface area contributed by atoms with Crippen LogP contribution in [-0.2, 0) is 13.1 Å². The van der Waals surface area contributed by atoms with Crippen LogP contribution in [0.5, 0.6) is 0 Å². The molecule has 0 saturated carbocycles. The SMILES string of the molecule is Cl.NCc1c(N)cc(-c2cccc(N)c2)cc1N.Nc1cccc(NCc2ccccc2N)c1. The van der Waals surface area contributed by atoms with Crippen LogP contribution in [0, 0.1) is 0 Å². The average Bonchev–Trinajstić information content (AvgIpc) is 2.79. The number of benzene rings is 4. The first-order valence-corrected chi connectivity index (χ1v) is 10.5. The number of para-hydroxylation sites is 1. The molecule has 0 aliphatic heterocycles. The summed E-state index contributed by atoms with van der Waals surface area (Å²) in [5.74, 6) is 0. The molecule has 0 bridgehead atoms. The molecular weight excluding hydrogens is 446 g/mol. The first-order valence-electron chi connectivity index (χ1n) is 10.5. The Morgan fingerprint density at radius 3 is 1.79 bits per heavy atom. The van der Waals surface area contributed by atoms with E-state index in [-0.39, 0.29) is 12.4 Å². The van der Waals surface area contributed by atoms with Crippen LogP contribution in [0.2, 0.25) is 0 Å². The summed E-state index contributed by atoms with van der Waals surface area (Å²) in [6, 6.07) is 26.8. The molecule has 0 amide bonds. The molecular formula is C26H32ClN7. The monoisotopic (exact) mass is 477 g/mol. The zero-order chi connectivity index (χ0) is 23.8. The lowest BCUT2D eigenvalue weighted by molar-refractivity contribution is 1.08. The Kier molecular flexibility index (Phi) is 9.43. The van der Waals surface area contributed by atoms with Crippen LogP contribution in [0.15, 0.2) is 84.9 Å². The summed E-state index contributed by atoms with van der Waals surface area (Å²) in [5, 5.41) is 3.28. The maximum atomic E-state index is 5.92. The number of nitrogens with one attached hydrogen (secondary N) is 1. The molecule has 0 aliphatic carbocycles. The number of hydrogen-bond acceptors (Lipinski definition) is 7. The molecule has 13 N–H and O–H groups in total. The molecule has 0 unspecified atom stereocenters. The van der Waals surface area contributed by atoms with Crippen LogP contribution in [0.3, 0.4) is 0 Å². The van der Waals surface area contributed by atoms with Crippen LogP contribution in [0.25, 0.3) is 11.1 Å². The minimum absolute atomic E-state index is 0. The van der Waals surface area contributed by atoms with Crippen LogP contribution in [0.1, 0.15) is 11.1 Å². The maximum absolute atomic E-state index is 5.92. The first kappa shape index (κ1) is 26.2. The Balaban J connectivity index is 0.000000234. The maximum Gasteiger partial charge on any atom is 0.0421 e. The van der Waals surface area contributed by atoms with Crippen molar-refractivity contribution in [3.8, 4) is 11.1 Å². The fraction of sp³-hybridized carbons (Fsp3) is 0.0769.